The zero-order chi connectivity index (χ0) is 13.7. The fourth-order valence-electron chi connectivity index (χ4n) is 3.12. The van der Waals surface area contributed by atoms with Gasteiger partial charge in [-0.2, -0.15) is 0 Å². The predicted molar refractivity (Wildman–Crippen MR) is 83.8 cm³/mol. The minimum Gasteiger partial charge on any atom is -0.496 e. The molecule has 1 aromatic carbocycles. The largest absolute Gasteiger partial charge is 0.496 e. The topological polar surface area (TPSA) is 21.3 Å². The van der Waals surface area contributed by atoms with E-state index in [0.29, 0.717) is 6.04 Å². The van der Waals surface area contributed by atoms with Crippen molar-refractivity contribution in [1.82, 2.24) is 5.32 Å². The molecule has 0 radical (unpaired) electrons. The molecular formula is C16H24BrNO. The first kappa shape index (κ1) is 14.9. The molecule has 1 aliphatic rings. The molecule has 0 bridgehead atoms. The molecule has 0 amide bonds. The molecule has 0 heterocycles. The molecular weight excluding hydrogens is 302 g/mol. The van der Waals surface area contributed by atoms with E-state index in [1.165, 1.54) is 37.7 Å². The van der Waals surface area contributed by atoms with Crippen molar-refractivity contribution in [3.63, 3.8) is 0 Å². The third-order valence-electron chi connectivity index (χ3n) is 4.09. The zero-order valence-electron chi connectivity index (χ0n) is 11.9. The highest BCUT2D eigenvalue weighted by Crippen LogP contribution is 2.31. The number of nitrogens with one attached hydrogen (secondary N) is 1. The van der Waals surface area contributed by atoms with Crippen molar-refractivity contribution in [2.75, 3.05) is 13.7 Å². The van der Waals surface area contributed by atoms with Gasteiger partial charge in [-0.1, -0.05) is 25.8 Å². The maximum absolute atomic E-state index is 5.29. The Kier molecular flexibility index (Phi) is 5.71. The quantitative estimate of drug-likeness (QED) is 0.877. The lowest BCUT2D eigenvalue weighted by Gasteiger charge is -2.32. The van der Waals surface area contributed by atoms with E-state index in [-0.39, 0.29) is 0 Å². The van der Waals surface area contributed by atoms with E-state index in [2.05, 4.69) is 46.4 Å². The molecule has 2 unspecified atom stereocenters. The van der Waals surface area contributed by atoms with Crippen molar-refractivity contribution in [2.45, 2.75) is 45.1 Å². The van der Waals surface area contributed by atoms with Gasteiger partial charge in [0.05, 0.1) is 11.6 Å². The average Bonchev–Trinajstić information content (AvgIpc) is 2.41. The first-order valence-corrected chi connectivity index (χ1v) is 8.09. The molecule has 1 saturated carbocycles. The van der Waals surface area contributed by atoms with Crippen LogP contribution in [0.4, 0.5) is 0 Å². The van der Waals surface area contributed by atoms with E-state index in [4.69, 9.17) is 4.74 Å². The van der Waals surface area contributed by atoms with Gasteiger partial charge in [-0.05, 0) is 65.4 Å². The molecule has 1 fully saturated rings. The normalized spacial score (nSPS) is 23.3. The summed E-state index contributed by atoms with van der Waals surface area (Å²) >= 11 is 3.58. The fourth-order valence-corrected chi connectivity index (χ4v) is 3.71. The molecule has 1 N–H and O–H groups in total. The second kappa shape index (κ2) is 7.30. The predicted octanol–water partition coefficient (Wildman–Crippen LogP) is 4.17. The number of hydrogen-bond acceptors (Lipinski definition) is 2. The van der Waals surface area contributed by atoms with Gasteiger partial charge in [-0.25, -0.2) is 0 Å². The van der Waals surface area contributed by atoms with Crippen LogP contribution in [0.15, 0.2) is 22.7 Å². The maximum atomic E-state index is 5.29. The first-order chi connectivity index (χ1) is 9.24. The van der Waals surface area contributed by atoms with E-state index in [0.717, 1.165) is 22.7 Å². The van der Waals surface area contributed by atoms with Gasteiger partial charge < -0.3 is 10.1 Å². The van der Waals surface area contributed by atoms with Crippen LogP contribution >= 0.6 is 15.9 Å². The number of ether oxygens (including phenoxy) is 1. The highest BCUT2D eigenvalue weighted by molar-refractivity contribution is 9.10. The van der Waals surface area contributed by atoms with E-state index in [1.54, 1.807) is 7.11 Å². The molecule has 2 rings (SSSR count). The van der Waals surface area contributed by atoms with E-state index >= 15 is 0 Å². The van der Waals surface area contributed by atoms with Gasteiger partial charge in [0, 0.05) is 6.04 Å². The lowest BCUT2D eigenvalue weighted by atomic mass is 9.80. The Morgan fingerprint density at radius 3 is 2.79 bits per heavy atom. The van der Waals surface area contributed by atoms with Crippen LogP contribution in [0.3, 0.4) is 0 Å². The Labute approximate surface area is 125 Å². The summed E-state index contributed by atoms with van der Waals surface area (Å²) in [6, 6.07) is 7.15. The van der Waals surface area contributed by atoms with Gasteiger partial charge in [-0.3, -0.25) is 0 Å². The molecule has 0 aliphatic heterocycles. The van der Waals surface area contributed by atoms with Crippen molar-refractivity contribution in [1.29, 1.82) is 0 Å². The smallest absolute Gasteiger partial charge is 0.133 e. The SMILES string of the molecule is CCNC1CCCCC1Cc1ccc(OC)c(Br)c1. The molecule has 0 spiro atoms. The Bertz CT molecular complexity index is 406. The van der Waals surface area contributed by atoms with Crippen molar-refractivity contribution in [2.24, 2.45) is 5.92 Å². The molecule has 3 heteroatoms. The highest BCUT2D eigenvalue weighted by atomic mass is 79.9. The van der Waals surface area contributed by atoms with Gasteiger partial charge >= 0.3 is 0 Å². The van der Waals surface area contributed by atoms with Crippen LogP contribution in [0.1, 0.15) is 38.2 Å². The summed E-state index contributed by atoms with van der Waals surface area (Å²) in [5.74, 6) is 1.68. The molecule has 19 heavy (non-hydrogen) atoms. The zero-order valence-corrected chi connectivity index (χ0v) is 13.5. The lowest BCUT2D eigenvalue weighted by molar-refractivity contribution is 0.264. The first-order valence-electron chi connectivity index (χ1n) is 7.30. The second-order valence-corrected chi connectivity index (χ2v) is 6.24. The summed E-state index contributed by atoms with van der Waals surface area (Å²) < 4.78 is 6.35. The van der Waals surface area contributed by atoms with Crippen LogP contribution in [0.5, 0.6) is 5.75 Å². The Hall–Kier alpha value is -0.540. The summed E-state index contributed by atoms with van der Waals surface area (Å²) in [6.45, 7) is 3.28. The standard InChI is InChI=1S/C16H24BrNO/c1-3-18-15-7-5-4-6-13(15)10-12-8-9-16(19-2)14(17)11-12/h8-9,11,13,15,18H,3-7,10H2,1-2H3. The van der Waals surface area contributed by atoms with Crippen LogP contribution in [0.25, 0.3) is 0 Å². The van der Waals surface area contributed by atoms with Crippen molar-refractivity contribution in [3.05, 3.63) is 28.2 Å². The van der Waals surface area contributed by atoms with Gasteiger partial charge in [0.2, 0.25) is 0 Å². The number of hydrogen-bond donors (Lipinski definition) is 1. The van der Waals surface area contributed by atoms with Crippen molar-refractivity contribution in [3.8, 4) is 5.75 Å². The minimum absolute atomic E-state index is 0.694. The number of methoxy groups -OCH3 is 1. The molecule has 2 atom stereocenters. The lowest BCUT2D eigenvalue weighted by Crippen LogP contribution is -2.39. The maximum Gasteiger partial charge on any atom is 0.133 e. The number of halogens is 1. The molecule has 0 saturated heterocycles. The van der Waals surface area contributed by atoms with E-state index in [9.17, 15) is 0 Å². The van der Waals surface area contributed by atoms with Gasteiger partial charge in [0.15, 0.2) is 0 Å². The van der Waals surface area contributed by atoms with Gasteiger partial charge in [0.1, 0.15) is 5.75 Å². The summed E-state index contributed by atoms with van der Waals surface area (Å²) in [5, 5.41) is 3.66. The molecule has 0 aromatic heterocycles. The summed E-state index contributed by atoms with van der Waals surface area (Å²) in [4.78, 5) is 0. The monoisotopic (exact) mass is 325 g/mol. The second-order valence-electron chi connectivity index (χ2n) is 5.38. The van der Waals surface area contributed by atoms with Crippen molar-refractivity contribution < 1.29 is 4.74 Å². The van der Waals surface area contributed by atoms with Crippen LogP contribution in [-0.2, 0) is 6.42 Å². The Morgan fingerprint density at radius 1 is 1.32 bits per heavy atom. The summed E-state index contributed by atoms with van der Waals surface area (Å²) in [7, 11) is 1.71. The highest BCUT2D eigenvalue weighted by Gasteiger charge is 2.24. The third kappa shape index (κ3) is 3.96. The van der Waals surface area contributed by atoms with Gasteiger partial charge in [-0.15, -0.1) is 0 Å². The molecule has 1 aliphatic carbocycles. The molecule has 106 valence electrons. The average molecular weight is 326 g/mol. The number of rotatable bonds is 5. The summed E-state index contributed by atoms with van der Waals surface area (Å²) in [5.41, 5.74) is 1.41. The minimum atomic E-state index is 0.694. The van der Waals surface area contributed by atoms with Crippen LogP contribution in [0, 0.1) is 5.92 Å². The Morgan fingerprint density at radius 2 is 2.11 bits per heavy atom. The van der Waals surface area contributed by atoms with Crippen molar-refractivity contribution >= 4 is 15.9 Å². The molecule has 1 aromatic rings. The third-order valence-corrected chi connectivity index (χ3v) is 4.71. The molecule has 2 nitrogen and oxygen atoms in total. The van der Waals surface area contributed by atoms with E-state index in [1.807, 2.05) is 0 Å². The van der Waals surface area contributed by atoms with Crippen LogP contribution in [-0.4, -0.2) is 19.7 Å². The Balaban J connectivity index is 2.04. The van der Waals surface area contributed by atoms with Gasteiger partial charge in [0.25, 0.3) is 0 Å². The van der Waals surface area contributed by atoms with Crippen LogP contribution < -0.4 is 10.1 Å². The van der Waals surface area contributed by atoms with E-state index < -0.39 is 0 Å². The summed E-state index contributed by atoms with van der Waals surface area (Å²) in [6.07, 6.45) is 6.60. The van der Waals surface area contributed by atoms with Crippen LogP contribution in [0.2, 0.25) is 0 Å². The number of benzene rings is 1. The fraction of sp³-hybridized carbons (Fsp3) is 0.625.